The second-order valence-corrected chi connectivity index (χ2v) is 17.4. The average molecular weight is 773 g/mol. The molecule has 0 aliphatic carbocycles. The number of carbonyl (C=O) groups excluding carboxylic acids is 2. The van der Waals surface area contributed by atoms with Gasteiger partial charge in [-0.15, -0.1) is 0 Å². The van der Waals surface area contributed by atoms with Gasteiger partial charge in [0.1, 0.15) is 13.2 Å². The van der Waals surface area contributed by atoms with Gasteiger partial charge in [0.05, 0.1) is 38.6 Å². The molecule has 10 heteroatoms. The topological polar surface area (TPSA) is 96.0 Å². The molecule has 3 aliphatic heterocycles. The lowest BCUT2D eigenvalue weighted by atomic mass is 10.1. The van der Waals surface area contributed by atoms with Crippen LogP contribution < -0.4 is 0 Å². The van der Waals surface area contributed by atoms with Crippen LogP contribution in [0.25, 0.3) is 0 Å². The molecule has 3 rings (SSSR count). The highest BCUT2D eigenvalue weighted by molar-refractivity contribution is 5.81. The molecule has 4 unspecified atom stereocenters. The summed E-state index contributed by atoms with van der Waals surface area (Å²) in [6, 6.07) is 1.44. The number of rotatable bonds is 21. The van der Waals surface area contributed by atoms with Crippen LogP contribution >= 0.6 is 0 Å². The second-order valence-electron chi connectivity index (χ2n) is 17.4. The van der Waals surface area contributed by atoms with Gasteiger partial charge >= 0.3 is 0 Å². The number of hydrogen-bond donors (Lipinski definition) is 0. The van der Waals surface area contributed by atoms with Crippen molar-refractivity contribution in [1.29, 1.82) is 0 Å². The van der Waals surface area contributed by atoms with Crippen molar-refractivity contribution in [2.45, 2.75) is 185 Å². The maximum Gasteiger partial charge on any atom is 0.160 e. The quantitative estimate of drug-likeness (QED) is 0.113. The lowest BCUT2D eigenvalue weighted by Gasteiger charge is -2.38. The van der Waals surface area contributed by atoms with E-state index in [2.05, 4.69) is 79.0 Å². The van der Waals surface area contributed by atoms with Crippen molar-refractivity contribution in [3.05, 3.63) is 0 Å². The molecule has 0 aromatic rings. The summed E-state index contributed by atoms with van der Waals surface area (Å²) in [7, 11) is 0. The Kier molecular flexibility index (Phi) is 30.5. The third-order valence-electron chi connectivity index (χ3n) is 9.66. The highest BCUT2D eigenvalue weighted by atomic mass is 16.7. The summed E-state index contributed by atoms with van der Waals surface area (Å²) in [5, 5.41) is 0. The third-order valence-corrected chi connectivity index (χ3v) is 9.66. The summed E-state index contributed by atoms with van der Waals surface area (Å²) >= 11 is 0. The van der Waals surface area contributed by atoms with Crippen LogP contribution in [0.15, 0.2) is 0 Å². The summed E-state index contributed by atoms with van der Waals surface area (Å²) in [6.07, 6.45) is 8.68. The molecule has 10 nitrogen and oxygen atoms in total. The lowest BCUT2D eigenvalue weighted by Crippen LogP contribution is -2.50. The molecule has 0 radical (unpaired) electrons. The molecule has 0 saturated carbocycles. The molecule has 0 aromatic carbocycles. The first-order valence-corrected chi connectivity index (χ1v) is 21.3. The zero-order valence-electron chi connectivity index (χ0n) is 36.4. The van der Waals surface area contributed by atoms with E-state index in [1.54, 1.807) is 0 Å². The standard InChI is InChI=1S/C18H34O4.C15H28O4.C10H22N2.CH4/c1-14(2)7-5-8-16(19)12-20-13-17-9-6-10-18(22-17)21-11-15(3)4;1-11(2)8-18-15-7-5-6-13(19-15)9-17-10-14(16)12(3)4;1-9(2)11-5-7-12(8-6-11)10(3)4;/h14-15,17-18H,5-13H2,1-4H3;11-13,15H,5-10H2,1-4H3;9-10H,5-8H2,1-4H3;1H4. The maximum absolute atomic E-state index is 11.7. The van der Waals surface area contributed by atoms with Crippen LogP contribution in [0.4, 0.5) is 0 Å². The van der Waals surface area contributed by atoms with Gasteiger partial charge in [-0.2, -0.15) is 0 Å². The number of piperazine rings is 1. The van der Waals surface area contributed by atoms with Crippen molar-refractivity contribution >= 4 is 11.6 Å². The summed E-state index contributed by atoms with van der Waals surface area (Å²) in [6.45, 7) is 33.6. The molecule has 54 heavy (non-hydrogen) atoms. The fourth-order valence-corrected chi connectivity index (χ4v) is 6.13. The normalized spacial score (nSPS) is 22.6. The molecule has 0 spiro atoms. The Hall–Kier alpha value is -0.980. The fraction of sp³-hybridized carbons (Fsp3) is 0.955. The van der Waals surface area contributed by atoms with Gasteiger partial charge in [-0.1, -0.05) is 69.2 Å². The predicted molar refractivity (Wildman–Crippen MR) is 222 cm³/mol. The highest BCUT2D eigenvalue weighted by Crippen LogP contribution is 2.22. The number of carbonyl (C=O) groups is 2. The monoisotopic (exact) mass is 773 g/mol. The average Bonchev–Trinajstić information content (AvgIpc) is 3.10. The van der Waals surface area contributed by atoms with E-state index in [1.165, 1.54) is 26.2 Å². The van der Waals surface area contributed by atoms with Crippen LogP contribution in [0.2, 0.25) is 0 Å². The predicted octanol–water partition coefficient (Wildman–Crippen LogP) is 8.82. The van der Waals surface area contributed by atoms with Crippen molar-refractivity contribution in [3.8, 4) is 0 Å². The first-order valence-electron chi connectivity index (χ1n) is 21.3. The molecule has 3 saturated heterocycles. The largest absolute Gasteiger partial charge is 0.371 e. The van der Waals surface area contributed by atoms with E-state index in [9.17, 15) is 9.59 Å². The van der Waals surface area contributed by atoms with Crippen molar-refractivity contribution in [1.82, 2.24) is 9.80 Å². The molecule has 0 bridgehead atoms. The number of hydrogen-bond acceptors (Lipinski definition) is 10. The Morgan fingerprint density at radius 2 is 1.04 bits per heavy atom. The van der Waals surface area contributed by atoms with Crippen LogP contribution in [0, 0.1) is 23.7 Å². The van der Waals surface area contributed by atoms with Gasteiger partial charge in [0.25, 0.3) is 0 Å². The van der Waals surface area contributed by atoms with Crippen LogP contribution in [0.5, 0.6) is 0 Å². The molecule has 3 aliphatic rings. The maximum atomic E-state index is 11.7. The van der Waals surface area contributed by atoms with E-state index in [-0.39, 0.29) is 62.9 Å². The molecular formula is C44H88N2O8. The third kappa shape index (κ3) is 26.8. The van der Waals surface area contributed by atoms with Crippen molar-refractivity contribution in [3.63, 3.8) is 0 Å². The Morgan fingerprint density at radius 1 is 0.611 bits per heavy atom. The van der Waals surface area contributed by atoms with E-state index < -0.39 is 0 Å². The SMILES string of the molecule is C.CC(C)CCCC(=O)COCC1CCCC(OCC(C)C)O1.CC(C)COC1CCCC(COCC(=O)C(C)C)O1.CC(C)N1CCN(C(C)C)CC1. The van der Waals surface area contributed by atoms with Crippen LogP contribution in [-0.2, 0) is 38.0 Å². The molecule has 4 atom stereocenters. The smallest absolute Gasteiger partial charge is 0.160 e. The van der Waals surface area contributed by atoms with Crippen LogP contribution in [0.1, 0.15) is 148 Å². The van der Waals surface area contributed by atoms with Gasteiger partial charge < -0.3 is 28.4 Å². The van der Waals surface area contributed by atoms with Crippen LogP contribution in [-0.4, -0.2) is 124 Å². The van der Waals surface area contributed by atoms with Gasteiger partial charge in [-0.3, -0.25) is 19.4 Å². The molecule has 0 amide bonds. The van der Waals surface area contributed by atoms with Crippen molar-refractivity contribution < 1.29 is 38.0 Å². The summed E-state index contributed by atoms with van der Waals surface area (Å²) in [5.41, 5.74) is 0. The minimum absolute atomic E-state index is 0. The van der Waals surface area contributed by atoms with Crippen LogP contribution in [0.3, 0.4) is 0 Å². The van der Waals surface area contributed by atoms with E-state index in [4.69, 9.17) is 28.4 Å². The Bertz CT molecular complexity index is 904. The zero-order chi connectivity index (χ0) is 39.8. The van der Waals surface area contributed by atoms with Crippen molar-refractivity contribution in [2.75, 3.05) is 65.8 Å². The molecule has 0 aromatic heterocycles. The lowest BCUT2D eigenvalue weighted by molar-refractivity contribution is -0.208. The molecule has 3 fully saturated rings. The minimum Gasteiger partial charge on any atom is -0.371 e. The Balaban J connectivity index is 0.000000804. The molecule has 322 valence electrons. The number of ketones is 2. The number of nitrogens with zero attached hydrogens (tertiary/aromatic N) is 2. The Morgan fingerprint density at radius 3 is 1.41 bits per heavy atom. The minimum atomic E-state index is -0.106. The van der Waals surface area contributed by atoms with E-state index in [0.717, 1.165) is 76.7 Å². The first-order chi connectivity index (χ1) is 25.1. The number of Topliss-reactive ketones (excluding diaryl/α,β-unsaturated/α-hetero) is 2. The first kappa shape index (κ1) is 53.0. The summed E-state index contributed by atoms with van der Waals surface area (Å²) in [5.74, 6) is 2.07. The second kappa shape index (κ2) is 31.1. The number of ether oxygens (including phenoxy) is 6. The highest BCUT2D eigenvalue weighted by Gasteiger charge is 2.25. The van der Waals surface area contributed by atoms with E-state index >= 15 is 0 Å². The van der Waals surface area contributed by atoms with Crippen molar-refractivity contribution in [2.24, 2.45) is 23.7 Å². The Labute approximate surface area is 333 Å². The van der Waals surface area contributed by atoms with Gasteiger partial charge in [-0.05, 0) is 90.4 Å². The zero-order valence-corrected chi connectivity index (χ0v) is 36.4. The van der Waals surface area contributed by atoms with Gasteiger partial charge in [-0.25, -0.2) is 0 Å². The van der Waals surface area contributed by atoms with Gasteiger partial charge in [0.2, 0.25) is 0 Å². The summed E-state index contributed by atoms with van der Waals surface area (Å²) < 4.78 is 34.1. The summed E-state index contributed by atoms with van der Waals surface area (Å²) in [4.78, 5) is 28.3. The molecular weight excluding hydrogens is 684 g/mol. The van der Waals surface area contributed by atoms with E-state index in [0.29, 0.717) is 37.4 Å². The van der Waals surface area contributed by atoms with E-state index in [1.807, 2.05) is 13.8 Å². The van der Waals surface area contributed by atoms with Gasteiger partial charge in [0.15, 0.2) is 24.1 Å². The fourth-order valence-electron chi connectivity index (χ4n) is 6.13. The molecule has 0 N–H and O–H groups in total. The molecule has 3 heterocycles. The van der Waals surface area contributed by atoms with Gasteiger partial charge in [0, 0.05) is 50.6 Å².